The fraction of sp³-hybridized carbons (Fsp3) is 0.368. The smallest absolute Gasteiger partial charge is 0.244 e. The topological polar surface area (TPSA) is 79.4 Å². The number of rotatable bonds is 9. The molecule has 8 heteroatoms. The first-order valence-electron chi connectivity index (χ1n) is 8.70. The number of pyridine rings is 1. The van der Waals surface area contributed by atoms with Crippen LogP contribution in [0.15, 0.2) is 58.6 Å². The highest BCUT2D eigenvalue weighted by atomic mass is 32.2. The Morgan fingerprint density at radius 1 is 1.19 bits per heavy atom. The minimum atomic E-state index is -3.50. The molecule has 0 bridgehead atoms. The average molecular weight is 408 g/mol. The van der Waals surface area contributed by atoms with Crippen LogP contribution in [0.4, 0.5) is 0 Å². The number of sulfonamides is 1. The lowest BCUT2D eigenvalue weighted by Gasteiger charge is -2.18. The van der Waals surface area contributed by atoms with E-state index in [1.807, 2.05) is 30.3 Å². The van der Waals surface area contributed by atoms with Gasteiger partial charge in [0, 0.05) is 20.3 Å². The van der Waals surface area contributed by atoms with Gasteiger partial charge < -0.3 is 5.32 Å². The van der Waals surface area contributed by atoms with Gasteiger partial charge in [0.05, 0.1) is 16.8 Å². The number of amides is 1. The van der Waals surface area contributed by atoms with Gasteiger partial charge >= 0.3 is 0 Å². The molecule has 0 saturated heterocycles. The lowest BCUT2D eigenvalue weighted by atomic mass is 10.0. The van der Waals surface area contributed by atoms with Crippen LogP contribution in [0.2, 0.25) is 0 Å². The van der Waals surface area contributed by atoms with Crippen LogP contribution in [0.3, 0.4) is 0 Å². The molecule has 0 radical (unpaired) electrons. The molecule has 0 spiro atoms. The molecule has 0 aliphatic heterocycles. The van der Waals surface area contributed by atoms with E-state index in [-0.39, 0.29) is 22.6 Å². The van der Waals surface area contributed by atoms with Gasteiger partial charge in [-0.15, -0.1) is 0 Å². The second kappa shape index (κ2) is 9.87. The lowest BCUT2D eigenvalue weighted by Crippen LogP contribution is -2.29. The van der Waals surface area contributed by atoms with Gasteiger partial charge in [-0.05, 0) is 24.1 Å². The summed E-state index contributed by atoms with van der Waals surface area (Å²) in [4.78, 5) is 16.6. The Hall–Kier alpha value is -1.90. The maximum atomic E-state index is 12.3. The average Bonchev–Trinajstić information content (AvgIpc) is 2.67. The predicted molar refractivity (Wildman–Crippen MR) is 108 cm³/mol. The summed E-state index contributed by atoms with van der Waals surface area (Å²) in [5.74, 6) is 0.147. The molecule has 0 aliphatic rings. The van der Waals surface area contributed by atoms with Crippen LogP contribution >= 0.6 is 11.8 Å². The van der Waals surface area contributed by atoms with Crippen molar-refractivity contribution in [3.63, 3.8) is 0 Å². The van der Waals surface area contributed by atoms with Crippen LogP contribution in [0, 0.1) is 0 Å². The van der Waals surface area contributed by atoms with E-state index in [9.17, 15) is 13.2 Å². The molecule has 2 rings (SSSR count). The summed E-state index contributed by atoms with van der Waals surface area (Å²) >= 11 is 1.28. The number of nitrogens with one attached hydrogen (secondary N) is 1. The molecule has 1 N–H and O–H groups in total. The molecule has 6 nitrogen and oxygen atoms in total. The van der Waals surface area contributed by atoms with E-state index < -0.39 is 10.0 Å². The summed E-state index contributed by atoms with van der Waals surface area (Å²) in [5, 5.41) is 3.67. The number of nitrogens with zero attached hydrogens (tertiary/aromatic N) is 2. The van der Waals surface area contributed by atoms with Crippen molar-refractivity contribution in [3.8, 4) is 0 Å². The first-order chi connectivity index (χ1) is 12.8. The standard InChI is InChI=1S/C19H25N3O3S2/c1-4-8-17(15-9-6-5-7-10-15)21-18(23)14-26-19-12-11-16(13-20-19)27(24,25)22(2)3/h5-7,9-13,17H,4,8,14H2,1-3H3,(H,21,23)/t17-/m0/s1. The third-order valence-electron chi connectivity index (χ3n) is 3.95. The minimum Gasteiger partial charge on any atom is -0.349 e. The lowest BCUT2D eigenvalue weighted by molar-refractivity contribution is -0.119. The van der Waals surface area contributed by atoms with Gasteiger partial charge in [0.2, 0.25) is 15.9 Å². The van der Waals surface area contributed by atoms with Crippen molar-refractivity contribution in [2.75, 3.05) is 19.8 Å². The van der Waals surface area contributed by atoms with E-state index in [0.717, 1.165) is 22.7 Å². The number of benzene rings is 1. The molecule has 0 saturated carbocycles. The molecule has 1 atom stereocenters. The summed E-state index contributed by atoms with van der Waals surface area (Å²) in [5.41, 5.74) is 1.09. The Bertz CT molecular complexity index is 838. The Morgan fingerprint density at radius 2 is 1.89 bits per heavy atom. The van der Waals surface area contributed by atoms with Crippen LogP contribution in [0.5, 0.6) is 0 Å². The molecular formula is C19H25N3O3S2. The van der Waals surface area contributed by atoms with Gasteiger partial charge in [0.1, 0.15) is 4.90 Å². The number of thioether (sulfide) groups is 1. The van der Waals surface area contributed by atoms with Crippen LogP contribution < -0.4 is 5.32 Å². The number of hydrogen-bond acceptors (Lipinski definition) is 5. The molecule has 1 aromatic heterocycles. The summed E-state index contributed by atoms with van der Waals surface area (Å²) < 4.78 is 25.2. The normalized spacial score (nSPS) is 12.7. The van der Waals surface area contributed by atoms with Gasteiger partial charge in [-0.25, -0.2) is 17.7 Å². The van der Waals surface area contributed by atoms with Crippen molar-refractivity contribution in [1.82, 2.24) is 14.6 Å². The molecule has 1 amide bonds. The quantitative estimate of drug-likeness (QED) is 0.646. The zero-order chi connectivity index (χ0) is 19.9. The van der Waals surface area contributed by atoms with Crippen molar-refractivity contribution in [1.29, 1.82) is 0 Å². The zero-order valence-corrected chi connectivity index (χ0v) is 17.4. The van der Waals surface area contributed by atoms with Gasteiger partial charge in [-0.2, -0.15) is 0 Å². The van der Waals surface area contributed by atoms with E-state index in [0.29, 0.717) is 5.03 Å². The van der Waals surface area contributed by atoms with Crippen molar-refractivity contribution >= 4 is 27.7 Å². The van der Waals surface area contributed by atoms with Gasteiger partial charge in [0.25, 0.3) is 0 Å². The van der Waals surface area contributed by atoms with E-state index in [4.69, 9.17) is 0 Å². The van der Waals surface area contributed by atoms with Crippen LogP contribution in [0.1, 0.15) is 31.4 Å². The molecule has 1 aromatic carbocycles. The van der Waals surface area contributed by atoms with Crippen molar-refractivity contribution < 1.29 is 13.2 Å². The Balaban J connectivity index is 1.95. The Labute approximate surface area is 165 Å². The summed E-state index contributed by atoms with van der Waals surface area (Å²) in [7, 11) is -0.548. The largest absolute Gasteiger partial charge is 0.349 e. The van der Waals surface area contributed by atoms with Crippen LogP contribution in [-0.2, 0) is 14.8 Å². The molecule has 146 valence electrons. The molecule has 0 fully saturated rings. The Kier molecular flexibility index (Phi) is 7.82. The van der Waals surface area contributed by atoms with Crippen molar-refractivity contribution in [2.45, 2.75) is 35.7 Å². The fourth-order valence-corrected chi connectivity index (χ4v) is 3.99. The predicted octanol–water partition coefficient (Wildman–Crippen LogP) is 3.08. The molecule has 0 unspecified atom stereocenters. The third-order valence-corrected chi connectivity index (χ3v) is 6.70. The third kappa shape index (κ3) is 6.05. The number of aromatic nitrogens is 1. The van der Waals surface area contributed by atoms with Crippen LogP contribution in [-0.4, -0.2) is 43.5 Å². The highest BCUT2D eigenvalue weighted by Gasteiger charge is 2.18. The maximum absolute atomic E-state index is 12.3. The van der Waals surface area contributed by atoms with Gasteiger partial charge in [0.15, 0.2) is 0 Å². The van der Waals surface area contributed by atoms with E-state index >= 15 is 0 Å². The van der Waals surface area contributed by atoms with Crippen LogP contribution in [0.25, 0.3) is 0 Å². The summed E-state index contributed by atoms with van der Waals surface area (Å²) in [6.45, 7) is 2.09. The number of carbonyl (C=O) groups is 1. The highest BCUT2D eigenvalue weighted by Crippen LogP contribution is 2.21. The summed E-state index contributed by atoms with van der Waals surface area (Å²) in [6, 6.07) is 13.0. The minimum absolute atomic E-state index is 0.00938. The molecule has 27 heavy (non-hydrogen) atoms. The first-order valence-corrected chi connectivity index (χ1v) is 11.1. The molecule has 2 aromatic rings. The Morgan fingerprint density at radius 3 is 2.44 bits per heavy atom. The van der Waals surface area contributed by atoms with Crippen molar-refractivity contribution in [2.24, 2.45) is 0 Å². The monoisotopic (exact) mass is 407 g/mol. The zero-order valence-electron chi connectivity index (χ0n) is 15.8. The number of hydrogen-bond donors (Lipinski definition) is 1. The van der Waals surface area contributed by atoms with Crippen molar-refractivity contribution in [3.05, 3.63) is 54.2 Å². The maximum Gasteiger partial charge on any atom is 0.244 e. The summed E-state index contributed by atoms with van der Waals surface area (Å²) in [6.07, 6.45) is 3.16. The van der Waals surface area contributed by atoms with E-state index in [2.05, 4.69) is 17.2 Å². The second-order valence-corrected chi connectivity index (χ2v) is 9.38. The fourth-order valence-electron chi connectivity index (χ4n) is 2.49. The molecule has 0 aliphatic carbocycles. The molecular weight excluding hydrogens is 382 g/mol. The highest BCUT2D eigenvalue weighted by molar-refractivity contribution is 7.99. The molecule has 1 heterocycles. The first kappa shape index (κ1) is 21.4. The number of carbonyl (C=O) groups excluding carboxylic acids is 1. The van der Waals surface area contributed by atoms with E-state index in [1.54, 1.807) is 6.07 Å². The SMILES string of the molecule is CCC[C@H](NC(=O)CSc1ccc(S(=O)(=O)N(C)C)cn1)c1ccccc1. The van der Waals surface area contributed by atoms with Gasteiger partial charge in [-0.3, -0.25) is 4.79 Å². The second-order valence-electron chi connectivity index (χ2n) is 6.23. The van der Waals surface area contributed by atoms with E-state index in [1.165, 1.54) is 38.1 Å². The van der Waals surface area contributed by atoms with Gasteiger partial charge in [-0.1, -0.05) is 55.4 Å².